The van der Waals surface area contributed by atoms with Crippen molar-refractivity contribution < 1.29 is 9.53 Å². The molecule has 1 amide bonds. The van der Waals surface area contributed by atoms with Gasteiger partial charge in [-0.3, -0.25) is 4.79 Å². The minimum absolute atomic E-state index is 0.214. The molecular formula is C20H21N3O2S. The number of nitrogens with one attached hydrogen (secondary N) is 1. The van der Waals surface area contributed by atoms with Crippen LogP contribution in [-0.4, -0.2) is 18.0 Å². The molecule has 0 fully saturated rings. The summed E-state index contributed by atoms with van der Waals surface area (Å²) in [5.41, 5.74) is 9.94. The molecule has 4 rings (SSSR count). The number of pyridine rings is 1. The van der Waals surface area contributed by atoms with Crippen molar-refractivity contribution in [2.24, 2.45) is 0 Å². The van der Waals surface area contributed by atoms with Crippen molar-refractivity contribution in [1.29, 1.82) is 0 Å². The lowest BCUT2D eigenvalue weighted by molar-refractivity contribution is 0.103. The summed E-state index contributed by atoms with van der Waals surface area (Å²) in [6, 6.07) is 9.41. The molecule has 0 atom stereocenters. The van der Waals surface area contributed by atoms with Crippen molar-refractivity contribution in [2.75, 3.05) is 18.2 Å². The van der Waals surface area contributed by atoms with Gasteiger partial charge in [0, 0.05) is 22.8 Å². The van der Waals surface area contributed by atoms with Crippen LogP contribution in [0, 0.1) is 0 Å². The van der Waals surface area contributed by atoms with E-state index >= 15 is 0 Å². The number of nitrogen functional groups attached to an aromatic ring is 1. The zero-order valence-corrected chi connectivity index (χ0v) is 15.5. The minimum atomic E-state index is -0.214. The van der Waals surface area contributed by atoms with E-state index in [0.717, 1.165) is 28.8 Å². The molecule has 0 saturated heterocycles. The van der Waals surface area contributed by atoms with Gasteiger partial charge in [-0.05, 0) is 49.4 Å². The van der Waals surface area contributed by atoms with Gasteiger partial charge in [-0.25, -0.2) is 4.98 Å². The molecule has 0 bridgehead atoms. The number of amides is 1. The topological polar surface area (TPSA) is 77.2 Å². The molecule has 3 aromatic rings. The molecular weight excluding hydrogens is 346 g/mol. The highest BCUT2D eigenvalue weighted by atomic mass is 32.1. The van der Waals surface area contributed by atoms with E-state index in [1.165, 1.54) is 36.2 Å². The van der Waals surface area contributed by atoms with Gasteiger partial charge >= 0.3 is 0 Å². The molecule has 1 aliphatic carbocycles. The summed E-state index contributed by atoms with van der Waals surface area (Å²) in [6.45, 7) is 0. The molecule has 0 radical (unpaired) electrons. The van der Waals surface area contributed by atoms with Crippen molar-refractivity contribution in [3.8, 4) is 5.75 Å². The maximum Gasteiger partial charge on any atom is 0.267 e. The van der Waals surface area contributed by atoms with E-state index in [1.807, 2.05) is 18.2 Å². The average molecular weight is 367 g/mol. The first-order valence-electron chi connectivity index (χ1n) is 8.82. The summed E-state index contributed by atoms with van der Waals surface area (Å²) in [5.74, 6) is 0.478. The van der Waals surface area contributed by atoms with E-state index in [4.69, 9.17) is 15.5 Å². The van der Waals surface area contributed by atoms with Gasteiger partial charge in [0.15, 0.2) is 0 Å². The second-order valence-electron chi connectivity index (χ2n) is 6.54. The lowest BCUT2D eigenvalue weighted by atomic mass is 10.1. The highest BCUT2D eigenvalue weighted by Gasteiger charge is 2.20. The normalized spacial score (nSPS) is 13.9. The fraction of sp³-hybridized carbons (Fsp3) is 0.300. The van der Waals surface area contributed by atoms with E-state index < -0.39 is 0 Å². The molecule has 134 valence electrons. The maximum absolute atomic E-state index is 12.7. The number of hydrogen-bond donors (Lipinski definition) is 2. The van der Waals surface area contributed by atoms with Crippen LogP contribution >= 0.6 is 11.3 Å². The van der Waals surface area contributed by atoms with E-state index in [-0.39, 0.29) is 5.91 Å². The van der Waals surface area contributed by atoms with Gasteiger partial charge in [0.05, 0.1) is 12.8 Å². The zero-order valence-electron chi connectivity index (χ0n) is 14.7. The maximum atomic E-state index is 12.7. The fourth-order valence-corrected chi connectivity index (χ4v) is 4.39. The molecule has 0 spiro atoms. The minimum Gasteiger partial charge on any atom is -0.497 e. The van der Waals surface area contributed by atoms with Crippen LogP contribution in [-0.2, 0) is 12.8 Å². The molecule has 5 nitrogen and oxygen atoms in total. The van der Waals surface area contributed by atoms with E-state index in [2.05, 4.69) is 11.4 Å². The van der Waals surface area contributed by atoms with Crippen LogP contribution < -0.4 is 15.8 Å². The van der Waals surface area contributed by atoms with Crippen LogP contribution in [0.5, 0.6) is 5.75 Å². The smallest absolute Gasteiger partial charge is 0.267 e. The quantitative estimate of drug-likeness (QED) is 0.672. The number of thiophene rings is 1. The Balaban J connectivity index is 1.67. The SMILES string of the molecule is COc1cccc(NC(=O)c2sc3nc4c(cc3c2N)CCCCC4)c1. The number of anilines is 2. The van der Waals surface area contributed by atoms with Gasteiger partial charge in [-0.1, -0.05) is 12.5 Å². The van der Waals surface area contributed by atoms with Gasteiger partial charge in [0.2, 0.25) is 0 Å². The number of carbonyl (C=O) groups excluding carboxylic acids is 1. The Hall–Kier alpha value is -2.60. The largest absolute Gasteiger partial charge is 0.497 e. The number of fused-ring (bicyclic) bond motifs is 2. The van der Waals surface area contributed by atoms with Gasteiger partial charge in [-0.2, -0.15) is 0 Å². The number of carbonyl (C=O) groups is 1. The number of hydrogen-bond acceptors (Lipinski definition) is 5. The summed E-state index contributed by atoms with van der Waals surface area (Å²) >= 11 is 1.36. The molecule has 0 unspecified atom stereocenters. The summed E-state index contributed by atoms with van der Waals surface area (Å²) < 4.78 is 5.20. The standard InChI is InChI=1S/C20H21N3O2S/c1-25-14-8-5-7-13(11-14)22-19(24)18-17(21)15-10-12-6-3-2-4-9-16(12)23-20(15)26-18/h5,7-8,10-11H,2-4,6,9,21H2,1H3,(H,22,24). The summed E-state index contributed by atoms with van der Waals surface area (Å²) in [7, 11) is 1.60. The Bertz CT molecular complexity index is 981. The van der Waals surface area contributed by atoms with Crippen molar-refractivity contribution in [1.82, 2.24) is 4.98 Å². The molecule has 2 aromatic heterocycles. The van der Waals surface area contributed by atoms with Crippen molar-refractivity contribution in [3.05, 3.63) is 46.5 Å². The van der Waals surface area contributed by atoms with Crippen LogP contribution in [0.2, 0.25) is 0 Å². The molecule has 26 heavy (non-hydrogen) atoms. The van der Waals surface area contributed by atoms with Crippen LogP contribution in [0.15, 0.2) is 30.3 Å². The number of rotatable bonds is 3. The van der Waals surface area contributed by atoms with Crippen molar-refractivity contribution >= 4 is 38.8 Å². The predicted octanol–water partition coefficient (Wildman–Crippen LogP) is 4.41. The monoisotopic (exact) mass is 367 g/mol. The van der Waals surface area contributed by atoms with E-state index in [1.54, 1.807) is 13.2 Å². The Morgan fingerprint density at radius 2 is 2.08 bits per heavy atom. The van der Waals surface area contributed by atoms with Crippen LogP contribution in [0.25, 0.3) is 10.2 Å². The Morgan fingerprint density at radius 1 is 1.23 bits per heavy atom. The number of aryl methyl sites for hydroxylation is 2. The Kier molecular flexibility index (Phi) is 4.51. The lowest BCUT2D eigenvalue weighted by Gasteiger charge is -2.06. The van der Waals surface area contributed by atoms with E-state index in [9.17, 15) is 4.79 Å². The Morgan fingerprint density at radius 3 is 2.92 bits per heavy atom. The number of methoxy groups -OCH3 is 1. The third-order valence-electron chi connectivity index (χ3n) is 4.78. The predicted molar refractivity (Wildman–Crippen MR) is 106 cm³/mol. The summed E-state index contributed by atoms with van der Waals surface area (Å²) in [6.07, 6.45) is 5.66. The highest BCUT2D eigenvalue weighted by molar-refractivity contribution is 7.21. The van der Waals surface area contributed by atoms with Crippen LogP contribution in [0.3, 0.4) is 0 Å². The van der Waals surface area contributed by atoms with Crippen LogP contribution in [0.1, 0.15) is 40.2 Å². The molecule has 1 aromatic carbocycles. The first-order valence-corrected chi connectivity index (χ1v) is 9.63. The van der Waals surface area contributed by atoms with Gasteiger partial charge in [0.25, 0.3) is 5.91 Å². The van der Waals surface area contributed by atoms with E-state index in [0.29, 0.717) is 22.0 Å². The van der Waals surface area contributed by atoms with Crippen LogP contribution in [0.4, 0.5) is 11.4 Å². The fourth-order valence-electron chi connectivity index (χ4n) is 3.39. The average Bonchev–Trinajstić information content (AvgIpc) is 2.82. The van der Waals surface area contributed by atoms with Crippen molar-refractivity contribution in [3.63, 3.8) is 0 Å². The molecule has 1 aliphatic rings. The number of benzene rings is 1. The second kappa shape index (κ2) is 6.96. The zero-order chi connectivity index (χ0) is 18.1. The third-order valence-corrected chi connectivity index (χ3v) is 5.90. The lowest BCUT2D eigenvalue weighted by Crippen LogP contribution is -2.11. The number of nitrogens with zero attached hydrogens (tertiary/aromatic N) is 1. The molecule has 3 N–H and O–H groups in total. The van der Waals surface area contributed by atoms with Gasteiger partial charge in [-0.15, -0.1) is 11.3 Å². The first-order chi connectivity index (χ1) is 12.7. The number of nitrogens with two attached hydrogens (primary N) is 1. The molecule has 0 saturated carbocycles. The number of ether oxygens (including phenoxy) is 1. The molecule has 2 heterocycles. The summed E-state index contributed by atoms with van der Waals surface area (Å²) in [5, 5.41) is 3.79. The molecule has 6 heteroatoms. The third kappa shape index (κ3) is 3.12. The molecule has 0 aliphatic heterocycles. The number of aromatic nitrogens is 1. The Labute approximate surface area is 156 Å². The summed E-state index contributed by atoms with van der Waals surface area (Å²) in [4.78, 5) is 18.9. The second-order valence-corrected chi connectivity index (χ2v) is 7.54. The first kappa shape index (κ1) is 16.8. The van der Waals surface area contributed by atoms with Gasteiger partial charge < -0.3 is 15.8 Å². The van der Waals surface area contributed by atoms with Gasteiger partial charge in [0.1, 0.15) is 15.5 Å². The van der Waals surface area contributed by atoms with Crippen molar-refractivity contribution in [2.45, 2.75) is 32.1 Å². The highest BCUT2D eigenvalue weighted by Crippen LogP contribution is 2.35.